The molecule has 0 aromatic heterocycles. The van der Waals surface area contributed by atoms with Gasteiger partial charge in [-0.15, -0.1) is 0 Å². The normalized spacial score (nSPS) is 11.8. The molecule has 164 valence electrons. The van der Waals surface area contributed by atoms with Gasteiger partial charge in [-0.3, -0.25) is 9.59 Å². The molecule has 6 heteroatoms. The van der Waals surface area contributed by atoms with E-state index in [2.05, 4.69) is 17.2 Å². The predicted molar refractivity (Wildman–Crippen MR) is 122 cm³/mol. The van der Waals surface area contributed by atoms with Crippen LogP contribution >= 0.6 is 0 Å². The van der Waals surface area contributed by atoms with Crippen molar-refractivity contribution in [1.29, 1.82) is 0 Å². The number of hydrogen-bond donors (Lipinski definition) is 2. The van der Waals surface area contributed by atoms with E-state index in [1.807, 2.05) is 50.2 Å². The highest BCUT2D eigenvalue weighted by Gasteiger charge is 2.14. The van der Waals surface area contributed by atoms with Gasteiger partial charge in [-0.05, 0) is 49.6 Å². The number of fused-ring (bicyclic) bond motifs is 1. The number of carbonyl (C=O) groups excluding carboxylic acids is 2. The van der Waals surface area contributed by atoms with Gasteiger partial charge in [0.2, 0.25) is 12.7 Å². The molecule has 2 aromatic carbocycles. The number of Topliss-reactive ketones (excluding diaryl/α,β-unsaturated/α-hetero) is 1. The fourth-order valence-corrected chi connectivity index (χ4v) is 3.37. The molecule has 1 amide bonds. The van der Waals surface area contributed by atoms with Gasteiger partial charge >= 0.3 is 0 Å². The number of ketones is 1. The maximum absolute atomic E-state index is 12.4. The number of ether oxygens (including phenoxy) is 2. The third-order valence-electron chi connectivity index (χ3n) is 5.22. The summed E-state index contributed by atoms with van der Waals surface area (Å²) in [4.78, 5) is 23.8. The van der Waals surface area contributed by atoms with E-state index in [9.17, 15) is 9.59 Å². The fraction of sp³-hybridized carbons (Fsp3) is 0.360. The summed E-state index contributed by atoms with van der Waals surface area (Å²) in [6.07, 6.45) is 2.93. The minimum Gasteiger partial charge on any atom is -0.454 e. The summed E-state index contributed by atoms with van der Waals surface area (Å²) in [5, 5.41) is 6.33. The molecular formula is C25H30N2O4. The van der Waals surface area contributed by atoms with Crippen LogP contribution in [-0.4, -0.2) is 18.5 Å². The number of amides is 1. The molecule has 31 heavy (non-hydrogen) atoms. The molecule has 1 aliphatic rings. The number of rotatable bonds is 11. The lowest BCUT2D eigenvalue weighted by molar-refractivity contribution is -0.119. The van der Waals surface area contributed by atoms with Crippen LogP contribution in [0.5, 0.6) is 11.5 Å². The Kier molecular flexibility index (Phi) is 7.70. The minimum atomic E-state index is -0.0578. The Bertz CT molecular complexity index is 968. The number of carbonyl (C=O) groups is 2. The van der Waals surface area contributed by atoms with Gasteiger partial charge in [0.15, 0.2) is 11.5 Å². The van der Waals surface area contributed by atoms with E-state index in [-0.39, 0.29) is 18.5 Å². The Morgan fingerprint density at radius 2 is 1.81 bits per heavy atom. The first kappa shape index (κ1) is 22.4. The van der Waals surface area contributed by atoms with Gasteiger partial charge < -0.3 is 20.1 Å². The van der Waals surface area contributed by atoms with Crippen molar-refractivity contribution < 1.29 is 19.1 Å². The second-order valence-corrected chi connectivity index (χ2v) is 7.72. The third kappa shape index (κ3) is 6.35. The Morgan fingerprint density at radius 1 is 1.03 bits per heavy atom. The molecular weight excluding hydrogens is 392 g/mol. The molecule has 1 aliphatic heterocycles. The van der Waals surface area contributed by atoms with E-state index < -0.39 is 0 Å². The van der Waals surface area contributed by atoms with Crippen molar-refractivity contribution in [3.8, 4) is 11.5 Å². The van der Waals surface area contributed by atoms with Crippen LogP contribution in [0.1, 0.15) is 55.7 Å². The first-order valence-corrected chi connectivity index (χ1v) is 10.7. The highest BCUT2D eigenvalue weighted by molar-refractivity contribution is 5.94. The standard InChI is InChI=1S/C25H30N2O4/c1-4-20(28)7-5-6-8-25(29)27-22-11-9-17(2)13-21(22)18(3)26-15-19-10-12-23-24(14-19)31-16-30-23/h9-14,26H,3-8,15-16H2,1-2H3,(H,27,29). The van der Waals surface area contributed by atoms with E-state index in [1.54, 1.807) is 0 Å². The second kappa shape index (κ2) is 10.7. The van der Waals surface area contributed by atoms with Crippen molar-refractivity contribution in [2.24, 2.45) is 0 Å². The Morgan fingerprint density at radius 3 is 2.61 bits per heavy atom. The van der Waals surface area contributed by atoms with Crippen LogP contribution in [0.15, 0.2) is 43.0 Å². The zero-order chi connectivity index (χ0) is 22.2. The average molecular weight is 423 g/mol. The van der Waals surface area contributed by atoms with Crippen LogP contribution in [0.25, 0.3) is 5.70 Å². The van der Waals surface area contributed by atoms with E-state index in [0.29, 0.717) is 32.2 Å². The number of anilines is 1. The Hall–Kier alpha value is -3.28. The number of hydrogen-bond acceptors (Lipinski definition) is 5. The highest BCUT2D eigenvalue weighted by atomic mass is 16.7. The van der Waals surface area contributed by atoms with Gasteiger partial charge in [-0.2, -0.15) is 0 Å². The van der Waals surface area contributed by atoms with Crippen LogP contribution < -0.4 is 20.1 Å². The van der Waals surface area contributed by atoms with Gasteiger partial charge in [-0.1, -0.05) is 31.2 Å². The average Bonchev–Trinajstić information content (AvgIpc) is 3.24. The van der Waals surface area contributed by atoms with Crippen molar-refractivity contribution in [3.63, 3.8) is 0 Å². The van der Waals surface area contributed by atoms with Gasteiger partial charge in [0.25, 0.3) is 0 Å². The maximum atomic E-state index is 12.4. The van der Waals surface area contributed by atoms with Crippen molar-refractivity contribution in [1.82, 2.24) is 5.32 Å². The zero-order valence-electron chi connectivity index (χ0n) is 18.3. The topological polar surface area (TPSA) is 76.7 Å². The summed E-state index contributed by atoms with van der Waals surface area (Å²) in [6, 6.07) is 11.7. The molecule has 1 heterocycles. The second-order valence-electron chi connectivity index (χ2n) is 7.72. The molecule has 0 bridgehead atoms. The lowest BCUT2D eigenvalue weighted by Crippen LogP contribution is -2.16. The molecule has 3 rings (SSSR count). The number of benzene rings is 2. The molecule has 0 saturated heterocycles. The molecule has 0 aliphatic carbocycles. The molecule has 0 atom stereocenters. The first-order valence-electron chi connectivity index (χ1n) is 10.7. The molecule has 2 aromatic rings. The van der Waals surface area contributed by atoms with Crippen LogP contribution in [-0.2, 0) is 16.1 Å². The summed E-state index contributed by atoms with van der Waals surface area (Å²) >= 11 is 0. The predicted octanol–water partition coefficient (Wildman–Crippen LogP) is 4.96. The largest absolute Gasteiger partial charge is 0.454 e. The first-order chi connectivity index (χ1) is 15.0. The van der Waals surface area contributed by atoms with Crippen molar-refractivity contribution in [3.05, 3.63) is 59.7 Å². The molecule has 0 spiro atoms. The van der Waals surface area contributed by atoms with Crippen LogP contribution in [0.4, 0.5) is 5.69 Å². The van der Waals surface area contributed by atoms with Gasteiger partial charge in [-0.25, -0.2) is 0 Å². The van der Waals surface area contributed by atoms with E-state index in [1.165, 1.54) is 0 Å². The lowest BCUT2D eigenvalue weighted by Gasteiger charge is -2.16. The fourth-order valence-electron chi connectivity index (χ4n) is 3.37. The highest BCUT2D eigenvalue weighted by Crippen LogP contribution is 2.32. The van der Waals surface area contributed by atoms with Gasteiger partial charge in [0, 0.05) is 37.1 Å². The summed E-state index contributed by atoms with van der Waals surface area (Å²) < 4.78 is 10.8. The monoisotopic (exact) mass is 422 g/mol. The summed E-state index contributed by atoms with van der Waals surface area (Å²) in [6.45, 7) is 8.86. The molecule has 6 nitrogen and oxygen atoms in total. The quantitative estimate of drug-likeness (QED) is 0.501. The molecule has 0 saturated carbocycles. The summed E-state index contributed by atoms with van der Waals surface area (Å²) in [7, 11) is 0. The minimum absolute atomic E-state index is 0.0578. The van der Waals surface area contributed by atoms with Crippen molar-refractivity contribution in [2.45, 2.75) is 52.5 Å². The molecule has 0 fully saturated rings. The van der Waals surface area contributed by atoms with Crippen molar-refractivity contribution >= 4 is 23.1 Å². The Labute approximate surface area is 183 Å². The lowest BCUT2D eigenvalue weighted by atomic mass is 10.1. The summed E-state index contributed by atoms with van der Waals surface area (Å²) in [5.41, 5.74) is 4.44. The van der Waals surface area contributed by atoms with Crippen molar-refractivity contribution in [2.75, 3.05) is 12.1 Å². The van der Waals surface area contributed by atoms with Crippen LogP contribution in [0, 0.1) is 6.92 Å². The van der Waals surface area contributed by atoms with Gasteiger partial charge in [0.05, 0.1) is 5.69 Å². The maximum Gasteiger partial charge on any atom is 0.231 e. The van der Waals surface area contributed by atoms with E-state index in [4.69, 9.17) is 9.47 Å². The molecule has 0 unspecified atom stereocenters. The number of nitrogens with one attached hydrogen (secondary N) is 2. The Balaban J connectivity index is 1.57. The smallest absolute Gasteiger partial charge is 0.231 e. The molecule has 0 radical (unpaired) electrons. The zero-order valence-corrected chi connectivity index (χ0v) is 18.3. The van der Waals surface area contributed by atoms with E-state index in [0.717, 1.165) is 46.0 Å². The summed E-state index contributed by atoms with van der Waals surface area (Å²) in [5.74, 6) is 1.68. The van der Waals surface area contributed by atoms with Gasteiger partial charge in [0.1, 0.15) is 5.78 Å². The SMILES string of the molecule is C=C(NCc1ccc2c(c1)OCO2)c1cc(C)ccc1NC(=O)CCCCC(=O)CC. The third-order valence-corrected chi connectivity index (χ3v) is 5.22. The van der Waals surface area contributed by atoms with Crippen LogP contribution in [0.2, 0.25) is 0 Å². The number of unbranched alkanes of at least 4 members (excludes halogenated alkanes) is 1. The van der Waals surface area contributed by atoms with Crippen LogP contribution in [0.3, 0.4) is 0 Å². The number of aryl methyl sites for hydroxylation is 1. The molecule has 2 N–H and O–H groups in total. The van der Waals surface area contributed by atoms with E-state index >= 15 is 0 Å².